The lowest BCUT2D eigenvalue weighted by Crippen LogP contribution is -2.28. The number of aryl methyl sites for hydroxylation is 2. The first-order chi connectivity index (χ1) is 27.2. The van der Waals surface area contributed by atoms with E-state index in [1.54, 1.807) is 23.7 Å². The summed E-state index contributed by atoms with van der Waals surface area (Å²) >= 11 is 7.92. The maximum Gasteiger partial charge on any atom is 0.230 e. The minimum atomic E-state index is -0.358. The molecule has 0 aliphatic carbocycles. The summed E-state index contributed by atoms with van der Waals surface area (Å²) in [6, 6.07) is 13.2. The molecule has 1 atom stereocenters. The summed E-state index contributed by atoms with van der Waals surface area (Å²) in [5, 5.41) is 19.6. The third-order valence-corrected chi connectivity index (χ3v) is 11.0. The van der Waals surface area contributed by atoms with Gasteiger partial charge in [-0.15, -0.1) is 21.5 Å². The van der Waals surface area contributed by atoms with Crippen molar-refractivity contribution in [2.75, 3.05) is 63.4 Å². The number of thiophene rings is 1. The van der Waals surface area contributed by atoms with Gasteiger partial charge < -0.3 is 30.2 Å². The summed E-state index contributed by atoms with van der Waals surface area (Å²) in [6.07, 6.45) is 4.62. The Hall–Kier alpha value is -5.06. The second-order valence-corrected chi connectivity index (χ2v) is 15.1. The highest BCUT2D eigenvalue weighted by Gasteiger charge is 2.31. The van der Waals surface area contributed by atoms with E-state index in [9.17, 15) is 9.59 Å². The van der Waals surface area contributed by atoms with E-state index in [2.05, 4.69) is 54.5 Å². The Balaban J connectivity index is 0.762. The van der Waals surface area contributed by atoms with E-state index in [0.29, 0.717) is 76.4 Å². The fourth-order valence-electron chi connectivity index (χ4n) is 6.54. The Labute approximate surface area is 334 Å². The zero-order chi connectivity index (χ0) is 39.0. The largest absolute Gasteiger partial charge is 0.377 e. The Kier molecular flexibility index (Phi) is 12.8. The molecule has 14 nitrogen and oxygen atoms in total. The van der Waals surface area contributed by atoms with Crippen LogP contribution in [0.4, 0.5) is 11.6 Å². The molecule has 2 aliphatic heterocycles. The Bertz CT molecular complexity index is 2200. The molecule has 292 valence electrons. The van der Waals surface area contributed by atoms with E-state index in [-0.39, 0.29) is 24.3 Å². The molecule has 1 aromatic carbocycles. The maximum absolute atomic E-state index is 12.9. The number of pyridine rings is 2. The Morgan fingerprint density at radius 3 is 2.38 bits per heavy atom. The molecule has 2 amide bonds. The number of aromatic nitrogens is 5. The summed E-state index contributed by atoms with van der Waals surface area (Å²) in [4.78, 5) is 39.7. The van der Waals surface area contributed by atoms with Crippen LogP contribution in [0.25, 0.3) is 16.1 Å². The number of benzene rings is 1. The predicted molar refractivity (Wildman–Crippen MR) is 216 cm³/mol. The second kappa shape index (κ2) is 18.3. The molecule has 0 saturated carbocycles. The number of carbonyl (C=O) groups excluding carboxylic acids is 2. The number of aliphatic imine (C=N–C) groups is 1. The summed E-state index contributed by atoms with van der Waals surface area (Å²) in [5.74, 6) is 2.78. The summed E-state index contributed by atoms with van der Waals surface area (Å²) in [5.41, 5.74) is 6.81. The number of nitrogens with one attached hydrogen (secondary N) is 3. The number of nitrogens with zero attached hydrogens (tertiary/aromatic N) is 6. The molecule has 4 aromatic heterocycles. The van der Waals surface area contributed by atoms with Crippen LogP contribution < -0.4 is 16.0 Å². The monoisotopic (exact) mass is 797 g/mol. The molecule has 7 rings (SSSR count). The van der Waals surface area contributed by atoms with Gasteiger partial charge in [0.15, 0.2) is 5.82 Å². The molecule has 0 unspecified atom stereocenters. The molecule has 0 saturated heterocycles. The molecule has 0 fully saturated rings. The smallest absolute Gasteiger partial charge is 0.230 e. The van der Waals surface area contributed by atoms with Crippen molar-refractivity contribution >= 4 is 52.1 Å². The lowest BCUT2D eigenvalue weighted by molar-refractivity contribution is -0.121. The van der Waals surface area contributed by atoms with Crippen molar-refractivity contribution in [2.45, 2.75) is 46.1 Å². The third kappa shape index (κ3) is 9.31. The molecule has 0 bridgehead atoms. The van der Waals surface area contributed by atoms with E-state index < -0.39 is 0 Å². The number of rotatable bonds is 18. The van der Waals surface area contributed by atoms with Gasteiger partial charge in [0.1, 0.15) is 28.5 Å². The van der Waals surface area contributed by atoms with Crippen LogP contribution in [0.3, 0.4) is 0 Å². The molecule has 5 aromatic rings. The molecule has 6 heterocycles. The summed E-state index contributed by atoms with van der Waals surface area (Å²) < 4.78 is 19.0. The Morgan fingerprint density at radius 2 is 1.62 bits per heavy atom. The molecule has 3 N–H and O–H groups in total. The van der Waals surface area contributed by atoms with Gasteiger partial charge in [-0.05, 0) is 63.1 Å². The van der Waals surface area contributed by atoms with Gasteiger partial charge in [-0.3, -0.25) is 19.1 Å². The lowest BCUT2D eigenvalue weighted by atomic mass is 9.99. The van der Waals surface area contributed by atoms with Crippen LogP contribution in [0.5, 0.6) is 0 Å². The molecule has 56 heavy (non-hydrogen) atoms. The highest BCUT2D eigenvalue weighted by Crippen LogP contribution is 2.40. The molecular weight excluding hydrogens is 754 g/mol. The number of halogens is 1. The average molecular weight is 798 g/mol. The normalized spacial score (nSPS) is 14.4. The molecule has 0 spiro atoms. The van der Waals surface area contributed by atoms with Gasteiger partial charge in [0.05, 0.1) is 51.8 Å². The number of hydrogen-bond donors (Lipinski definition) is 3. The van der Waals surface area contributed by atoms with Crippen LogP contribution in [-0.4, -0.2) is 95.0 Å². The van der Waals surface area contributed by atoms with Crippen molar-refractivity contribution < 1.29 is 23.8 Å². The van der Waals surface area contributed by atoms with Crippen molar-refractivity contribution in [3.05, 3.63) is 98.7 Å². The molecule has 2 aliphatic rings. The van der Waals surface area contributed by atoms with Crippen molar-refractivity contribution in [1.29, 1.82) is 0 Å². The van der Waals surface area contributed by atoms with Crippen molar-refractivity contribution in [1.82, 2.24) is 30.0 Å². The second-order valence-electron chi connectivity index (χ2n) is 13.4. The third-order valence-electron chi connectivity index (χ3n) is 9.54. The van der Waals surface area contributed by atoms with E-state index >= 15 is 0 Å². The zero-order valence-electron chi connectivity index (χ0n) is 31.6. The van der Waals surface area contributed by atoms with Crippen LogP contribution in [0.15, 0.2) is 59.9 Å². The van der Waals surface area contributed by atoms with Crippen LogP contribution in [-0.2, 0) is 30.2 Å². The average Bonchev–Trinajstić information content (AvgIpc) is 3.83. The number of amides is 2. The molecular formula is C40H44ClN9O5S. The number of carbonyl (C=O) groups is 2. The maximum atomic E-state index is 12.9. The highest BCUT2D eigenvalue weighted by molar-refractivity contribution is 7.15. The van der Waals surface area contributed by atoms with E-state index in [4.69, 9.17) is 30.8 Å². The van der Waals surface area contributed by atoms with E-state index in [1.807, 2.05) is 49.4 Å². The van der Waals surface area contributed by atoms with Gasteiger partial charge in [-0.1, -0.05) is 23.7 Å². The van der Waals surface area contributed by atoms with Gasteiger partial charge in [0.2, 0.25) is 11.8 Å². The first-order valence-corrected chi connectivity index (χ1v) is 19.8. The fraction of sp³-hybridized carbons (Fsp3) is 0.375. The predicted octanol–water partition coefficient (Wildman–Crippen LogP) is 5.81. The lowest BCUT2D eigenvalue weighted by Gasteiger charge is -2.13. The van der Waals surface area contributed by atoms with Gasteiger partial charge in [-0.2, -0.15) is 0 Å². The Morgan fingerprint density at radius 1 is 0.911 bits per heavy atom. The quantitative estimate of drug-likeness (QED) is 0.0922. The highest BCUT2D eigenvalue weighted by atomic mass is 35.5. The number of anilines is 2. The van der Waals surface area contributed by atoms with Crippen LogP contribution >= 0.6 is 22.9 Å². The first-order valence-electron chi connectivity index (χ1n) is 18.6. The minimum Gasteiger partial charge on any atom is -0.377 e. The van der Waals surface area contributed by atoms with Crippen molar-refractivity contribution in [3.8, 4) is 16.1 Å². The SMILES string of the molecule is Cc1sc2c(c1C)C(c1ccc(Cl)cc1)=N[C@@H](CCC(=O)NCCOCCOCCOCCNc1ccc(-c3cnc4c(c3)CC(=O)N4)cn1)c1nnc(C)n1-2. The van der Waals surface area contributed by atoms with Crippen LogP contribution in [0, 0.1) is 20.8 Å². The fourth-order valence-corrected chi connectivity index (χ4v) is 7.88. The molecule has 16 heteroatoms. The van der Waals surface area contributed by atoms with Gasteiger partial charge in [-0.25, -0.2) is 9.97 Å². The van der Waals surface area contributed by atoms with Crippen molar-refractivity contribution in [2.24, 2.45) is 4.99 Å². The topological polar surface area (TPSA) is 167 Å². The molecule has 0 radical (unpaired) electrons. The van der Waals surface area contributed by atoms with Gasteiger partial charge >= 0.3 is 0 Å². The number of fused-ring (bicyclic) bond motifs is 4. The zero-order valence-corrected chi connectivity index (χ0v) is 33.1. The minimum absolute atomic E-state index is 0.0363. The number of ether oxygens (including phenoxy) is 3. The summed E-state index contributed by atoms with van der Waals surface area (Å²) in [7, 11) is 0. The standard InChI is InChI=1S/C40H44ClN9O5S/c1-24-25(2)56-40-36(24)37(27-4-7-31(41)8-5-27)46-32(39-49-48-26(3)50(39)40)9-11-34(51)43-13-15-54-17-19-55-18-16-53-14-12-42-33-10-6-28(22-44-33)30-20-29-21-35(52)47-38(29)45-23-30/h4-8,10,20,22-23,32H,9,11-19,21H2,1-3H3,(H,42,44)(H,43,51)(H,45,47,52)/t32-/m0/s1. The first kappa shape index (κ1) is 39.2. The number of hydrogen-bond acceptors (Lipinski definition) is 12. The van der Waals surface area contributed by atoms with Gasteiger partial charge in [0, 0.05) is 69.6 Å². The van der Waals surface area contributed by atoms with Crippen LogP contribution in [0.2, 0.25) is 5.02 Å². The van der Waals surface area contributed by atoms with E-state index in [0.717, 1.165) is 56.0 Å². The van der Waals surface area contributed by atoms with Gasteiger partial charge in [0.25, 0.3) is 0 Å². The van der Waals surface area contributed by atoms with Crippen molar-refractivity contribution in [3.63, 3.8) is 0 Å². The van der Waals surface area contributed by atoms with E-state index in [1.165, 1.54) is 10.4 Å². The summed E-state index contributed by atoms with van der Waals surface area (Å²) in [6.45, 7) is 9.81. The van der Waals surface area contributed by atoms with Crippen LogP contribution in [0.1, 0.15) is 57.7 Å².